The van der Waals surface area contributed by atoms with Gasteiger partial charge in [-0.25, -0.2) is 0 Å². The number of nitrogens with one attached hydrogen (secondary N) is 1. The molecule has 1 N–H and O–H groups in total. The Labute approximate surface area is 117 Å². The highest BCUT2D eigenvalue weighted by atomic mass is 15.2. The predicted octanol–water partition coefficient (Wildman–Crippen LogP) is 3.88. The Kier molecular flexibility index (Phi) is 4.07. The zero-order valence-corrected chi connectivity index (χ0v) is 12.1. The van der Waals surface area contributed by atoms with E-state index < -0.39 is 0 Å². The van der Waals surface area contributed by atoms with E-state index in [4.69, 9.17) is 0 Å². The van der Waals surface area contributed by atoms with E-state index in [1.807, 2.05) is 0 Å². The maximum Gasteiger partial charge on any atom is 0.0417 e. The van der Waals surface area contributed by atoms with Crippen LogP contribution in [0.15, 0.2) is 24.3 Å². The van der Waals surface area contributed by atoms with Crippen LogP contribution in [0, 0.1) is 0 Å². The number of hydrogen-bond acceptors (Lipinski definition) is 2. The molecule has 1 aliphatic carbocycles. The van der Waals surface area contributed by atoms with Crippen LogP contribution in [0.4, 0.5) is 5.69 Å². The topological polar surface area (TPSA) is 15.3 Å². The third-order valence-electron chi connectivity index (χ3n) is 4.75. The SMILES string of the molecule is CCNC1CCN(C2CCCCC2)c2ccccc21. The van der Waals surface area contributed by atoms with Gasteiger partial charge in [0, 0.05) is 24.3 Å². The van der Waals surface area contributed by atoms with E-state index in [2.05, 4.69) is 41.4 Å². The Bertz CT molecular complexity index is 409. The van der Waals surface area contributed by atoms with E-state index in [1.165, 1.54) is 56.3 Å². The number of anilines is 1. The van der Waals surface area contributed by atoms with Crippen molar-refractivity contribution in [1.82, 2.24) is 5.32 Å². The summed E-state index contributed by atoms with van der Waals surface area (Å²) < 4.78 is 0. The molecule has 1 fully saturated rings. The zero-order chi connectivity index (χ0) is 13.1. The second-order valence-electron chi connectivity index (χ2n) is 5.94. The standard InChI is InChI=1S/C17H26N2/c1-2-18-16-12-13-19(14-8-4-3-5-9-14)17-11-7-6-10-15(16)17/h6-7,10-11,14,16,18H,2-5,8-9,12-13H2,1H3. The summed E-state index contributed by atoms with van der Waals surface area (Å²) in [6.45, 7) is 4.48. The minimum atomic E-state index is 0.557. The van der Waals surface area contributed by atoms with Crippen LogP contribution in [-0.4, -0.2) is 19.1 Å². The van der Waals surface area contributed by atoms with Gasteiger partial charge in [-0.3, -0.25) is 0 Å². The lowest BCUT2D eigenvalue weighted by molar-refractivity contribution is 0.389. The maximum absolute atomic E-state index is 3.64. The van der Waals surface area contributed by atoms with Crippen molar-refractivity contribution in [2.45, 2.75) is 57.5 Å². The first kappa shape index (κ1) is 13.0. The van der Waals surface area contributed by atoms with E-state index in [1.54, 1.807) is 0 Å². The lowest BCUT2D eigenvalue weighted by atomic mass is 9.89. The molecule has 2 heteroatoms. The Morgan fingerprint density at radius 2 is 1.89 bits per heavy atom. The summed E-state index contributed by atoms with van der Waals surface area (Å²) in [6, 6.07) is 10.4. The van der Waals surface area contributed by atoms with Crippen molar-refractivity contribution in [3.8, 4) is 0 Å². The lowest BCUT2D eigenvalue weighted by Gasteiger charge is -2.42. The van der Waals surface area contributed by atoms with E-state index >= 15 is 0 Å². The van der Waals surface area contributed by atoms with Crippen LogP contribution in [0.25, 0.3) is 0 Å². The molecule has 1 heterocycles. The van der Waals surface area contributed by atoms with E-state index in [-0.39, 0.29) is 0 Å². The highest BCUT2D eigenvalue weighted by molar-refractivity contribution is 5.57. The summed E-state index contributed by atoms with van der Waals surface area (Å²) >= 11 is 0. The molecule has 1 unspecified atom stereocenters. The molecular formula is C17H26N2. The maximum atomic E-state index is 3.64. The molecular weight excluding hydrogens is 232 g/mol. The normalized spacial score (nSPS) is 24.3. The molecule has 1 aromatic rings. The highest BCUT2D eigenvalue weighted by Crippen LogP contribution is 2.37. The molecule has 104 valence electrons. The zero-order valence-electron chi connectivity index (χ0n) is 12.1. The quantitative estimate of drug-likeness (QED) is 0.885. The second-order valence-corrected chi connectivity index (χ2v) is 5.94. The number of para-hydroxylation sites is 1. The minimum Gasteiger partial charge on any atom is -0.368 e. The second kappa shape index (κ2) is 5.96. The number of rotatable bonds is 3. The summed E-state index contributed by atoms with van der Waals surface area (Å²) in [5.41, 5.74) is 3.01. The van der Waals surface area contributed by atoms with Gasteiger partial charge in [0.1, 0.15) is 0 Å². The minimum absolute atomic E-state index is 0.557. The first-order valence-corrected chi connectivity index (χ1v) is 7.99. The van der Waals surface area contributed by atoms with Crippen LogP contribution in [0.2, 0.25) is 0 Å². The molecule has 2 aliphatic rings. The highest BCUT2D eigenvalue weighted by Gasteiger charge is 2.29. The number of benzene rings is 1. The molecule has 0 saturated heterocycles. The Morgan fingerprint density at radius 1 is 1.11 bits per heavy atom. The van der Waals surface area contributed by atoms with Crippen LogP contribution in [-0.2, 0) is 0 Å². The van der Waals surface area contributed by atoms with Crippen LogP contribution >= 0.6 is 0 Å². The number of fused-ring (bicyclic) bond motifs is 1. The Balaban J connectivity index is 1.85. The fourth-order valence-corrected chi connectivity index (χ4v) is 3.82. The van der Waals surface area contributed by atoms with Gasteiger partial charge in [-0.1, -0.05) is 44.4 Å². The van der Waals surface area contributed by atoms with Crippen LogP contribution < -0.4 is 10.2 Å². The molecule has 0 aromatic heterocycles. The van der Waals surface area contributed by atoms with Gasteiger partial charge in [0.25, 0.3) is 0 Å². The fourth-order valence-electron chi connectivity index (χ4n) is 3.82. The van der Waals surface area contributed by atoms with Gasteiger partial charge in [0.2, 0.25) is 0 Å². The van der Waals surface area contributed by atoms with E-state index in [9.17, 15) is 0 Å². The molecule has 0 amide bonds. The van der Waals surface area contributed by atoms with Crippen molar-refractivity contribution < 1.29 is 0 Å². The van der Waals surface area contributed by atoms with Crippen molar-refractivity contribution in [1.29, 1.82) is 0 Å². The third kappa shape index (κ3) is 2.64. The first-order valence-electron chi connectivity index (χ1n) is 7.99. The van der Waals surface area contributed by atoms with Gasteiger partial charge in [-0.15, -0.1) is 0 Å². The summed E-state index contributed by atoms with van der Waals surface area (Å²) in [6.07, 6.45) is 8.30. The third-order valence-corrected chi connectivity index (χ3v) is 4.75. The van der Waals surface area contributed by atoms with Gasteiger partial charge < -0.3 is 10.2 Å². The molecule has 1 saturated carbocycles. The molecule has 0 spiro atoms. The molecule has 19 heavy (non-hydrogen) atoms. The molecule has 2 nitrogen and oxygen atoms in total. The van der Waals surface area contributed by atoms with Crippen LogP contribution in [0.1, 0.15) is 57.1 Å². The van der Waals surface area contributed by atoms with Crippen molar-refractivity contribution in [2.24, 2.45) is 0 Å². The Morgan fingerprint density at radius 3 is 2.68 bits per heavy atom. The van der Waals surface area contributed by atoms with Crippen LogP contribution in [0.3, 0.4) is 0 Å². The van der Waals surface area contributed by atoms with E-state index in [0.717, 1.165) is 12.6 Å². The fraction of sp³-hybridized carbons (Fsp3) is 0.647. The van der Waals surface area contributed by atoms with E-state index in [0.29, 0.717) is 6.04 Å². The molecule has 0 radical (unpaired) electrons. The van der Waals surface area contributed by atoms with Gasteiger partial charge in [-0.05, 0) is 37.4 Å². The average molecular weight is 258 g/mol. The first-order chi connectivity index (χ1) is 9.40. The van der Waals surface area contributed by atoms with Crippen molar-refractivity contribution in [3.63, 3.8) is 0 Å². The number of hydrogen-bond donors (Lipinski definition) is 1. The smallest absolute Gasteiger partial charge is 0.0417 e. The largest absolute Gasteiger partial charge is 0.368 e. The van der Waals surface area contributed by atoms with Crippen molar-refractivity contribution in [2.75, 3.05) is 18.0 Å². The molecule has 1 aromatic carbocycles. The summed E-state index contributed by atoms with van der Waals surface area (Å²) in [7, 11) is 0. The molecule has 1 aliphatic heterocycles. The summed E-state index contributed by atoms with van der Waals surface area (Å²) in [4.78, 5) is 2.70. The number of nitrogens with zero attached hydrogens (tertiary/aromatic N) is 1. The molecule has 1 atom stereocenters. The summed E-state index contributed by atoms with van der Waals surface area (Å²) in [5.74, 6) is 0. The van der Waals surface area contributed by atoms with Gasteiger partial charge in [0.05, 0.1) is 0 Å². The lowest BCUT2D eigenvalue weighted by Crippen LogP contribution is -2.43. The monoisotopic (exact) mass is 258 g/mol. The molecule has 0 bridgehead atoms. The van der Waals surface area contributed by atoms with Gasteiger partial charge in [-0.2, -0.15) is 0 Å². The average Bonchev–Trinajstić information content (AvgIpc) is 2.49. The summed E-state index contributed by atoms with van der Waals surface area (Å²) in [5, 5.41) is 3.64. The van der Waals surface area contributed by atoms with Gasteiger partial charge >= 0.3 is 0 Å². The van der Waals surface area contributed by atoms with Crippen LogP contribution in [0.5, 0.6) is 0 Å². The predicted molar refractivity (Wildman–Crippen MR) is 81.7 cm³/mol. The van der Waals surface area contributed by atoms with Crippen molar-refractivity contribution in [3.05, 3.63) is 29.8 Å². The molecule has 3 rings (SSSR count). The Hall–Kier alpha value is -1.02. The van der Waals surface area contributed by atoms with Crippen molar-refractivity contribution >= 4 is 5.69 Å². The van der Waals surface area contributed by atoms with Gasteiger partial charge in [0.15, 0.2) is 0 Å².